The SMILES string of the molecule is CCN(Cc1ccc(C(=O)N(C)C)cc1)C(=O)c1ccc(Oc2ccccc2C)cn1. The monoisotopic (exact) mass is 417 g/mol. The lowest BCUT2D eigenvalue weighted by atomic mass is 10.1. The number of hydrogen-bond donors (Lipinski definition) is 0. The number of rotatable bonds is 7. The van der Waals surface area contributed by atoms with Crippen LogP contribution in [0.2, 0.25) is 0 Å². The third kappa shape index (κ3) is 5.48. The minimum absolute atomic E-state index is 0.0489. The molecule has 2 aromatic carbocycles. The maximum Gasteiger partial charge on any atom is 0.272 e. The van der Waals surface area contributed by atoms with Gasteiger partial charge in [-0.1, -0.05) is 30.3 Å². The van der Waals surface area contributed by atoms with Gasteiger partial charge in [-0.15, -0.1) is 0 Å². The highest BCUT2D eigenvalue weighted by Gasteiger charge is 2.17. The lowest BCUT2D eigenvalue weighted by Gasteiger charge is -2.21. The Balaban J connectivity index is 1.67. The van der Waals surface area contributed by atoms with Gasteiger partial charge in [-0.05, 0) is 55.3 Å². The predicted molar refractivity (Wildman–Crippen MR) is 120 cm³/mol. The Morgan fingerprint density at radius 3 is 2.23 bits per heavy atom. The van der Waals surface area contributed by atoms with Crippen molar-refractivity contribution in [1.29, 1.82) is 0 Å². The van der Waals surface area contributed by atoms with Crippen LogP contribution < -0.4 is 4.74 Å². The molecule has 3 aromatic rings. The van der Waals surface area contributed by atoms with Crippen molar-refractivity contribution in [3.63, 3.8) is 0 Å². The number of aromatic nitrogens is 1. The summed E-state index contributed by atoms with van der Waals surface area (Å²) in [4.78, 5) is 32.5. The Hall–Kier alpha value is -3.67. The highest BCUT2D eigenvalue weighted by atomic mass is 16.5. The van der Waals surface area contributed by atoms with Crippen molar-refractivity contribution < 1.29 is 14.3 Å². The smallest absolute Gasteiger partial charge is 0.272 e. The molecule has 160 valence electrons. The summed E-state index contributed by atoms with van der Waals surface area (Å²) in [5, 5.41) is 0. The Morgan fingerprint density at radius 2 is 1.65 bits per heavy atom. The van der Waals surface area contributed by atoms with Crippen LogP contribution in [-0.2, 0) is 6.54 Å². The van der Waals surface area contributed by atoms with Crippen LogP contribution in [0.5, 0.6) is 11.5 Å². The lowest BCUT2D eigenvalue weighted by Crippen LogP contribution is -2.31. The lowest BCUT2D eigenvalue weighted by molar-refractivity contribution is 0.0745. The molecule has 0 unspecified atom stereocenters. The molecule has 0 aliphatic carbocycles. The molecule has 6 nitrogen and oxygen atoms in total. The molecule has 0 N–H and O–H groups in total. The molecule has 0 spiro atoms. The summed E-state index contributed by atoms with van der Waals surface area (Å²) in [6.45, 7) is 4.88. The number of ether oxygens (including phenoxy) is 1. The Bertz CT molecular complexity index is 1040. The zero-order chi connectivity index (χ0) is 22.4. The summed E-state index contributed by atoms with van der Waals surface area (Å²) < 4.78 is 5.86. The van der Waals surface area contributed by atoms with Gasteiger partial charge in [0.1, 0.15) is 17.2 Å². The van der Waals surface area contributed by atoms with E-state index >= 15 is 0 Å². The maximum atomic E-state index is 12.9. The molecular weight excluding hydrogens is 390 g/mol. The molecule has 1 aromatic heterocycles. The minimum atomic E-state index is -0.154. The van der Waals surface area contributed by atoms with Crippen molar-refractivity contribution in [2.45, 2.75) is 20.4 Å². The van der Waals surface area contributed by atoms with Gasteiger partial charge >= 0.3 is 0 Å². The minimum Gasteiger partial charge on any atom is -0.455 e. The Morgan fingerprint density at radius 1 is 0.935 bits per heavy atom. The van der Waals surface area contributed by atoms with Gasteiger partial charge in [0.2, 0.25) is 0 Å². The van der Waals surface area contributed by atoms with Crippen LogP contribution in [0.4, 0.5) is 0 Å². The van der Waals surface area contributed by atoms with E-state index in [9.17, 15) is 9.59 Å². The summed E-state index contributed by atoms with van der Waals surface area (Å²) in [6.07, 6.45) is 1.56. The third-order valence-corrected chi connectivity index (χ3v) is 4.93. The summed E-state index contributed by atoms with van der Waals surface area (Å²) in [6, 6.07) is 18.5. The van der Waals surface area contributed by atoms with Gasteiger partial charge < -0.3 is 14.5 Å². The number of benzene rings is 2. The average Bonchev–Trinajstić information content (AvgIpc) is 2.79. The fourth-order valence-electron chi connectivity index (χ4n) is 3.09. The summed E-state index contributed by atoms with van der Waals surface area (Å²) in [5.41, 5.74) is 2.95. The number of nitrogens with zero attached hydrogens (tertiary/aromatic N) is 3. The van der Waals surface area contributed by atoms with Crippen LogP contribution >= 0.6 is 0 Å². The van der Waals surface area contributed by atoms with Crippen molar-refractivity contribution in [3.05, 3.63) is 89.2 Å². The molecule has 0 aliphatic rings. The molecular formula is C25H27N3O3. The van der Waals surface area contributed by atoms with E-state index in [1.165, 1.54) is 4.90 Å². The van der Waals surface area contributed by atoms with Crippen LogP contribution in [0.1, 0.15) is 38.9 Å². The van der Waals surface area contributed by atoms with Gasteiger partial charge in [0, 0.05) is 32.7 Å². The van der Waals surface area contributed by atoms with Gasteiger partial charge in [-0.3, -0.25) is 9.59 Å². The van der Waals surface area contributed by atoms with E-state index in [0.29, 0.717) is 30.1 Å². The molecule has 0 atom stereocenters. The number of aryl methyl sites for hydroxylation is 1. The first-order valence-electron chi connectivity index (χ1n) is 10.2. The second-order valence-electron chi connectivity index (χ2n) is 7.46. The van der Waals surface area contributed by atoms with E-state index in [1.807, 2.05) is 50.2 Å². The first-order valence-corrected chi connectivity index (χ1v) is 10.2. The second kappa shape index (κ2) is 9.89. The number of hydrogen-bond acceptors (Lipinski definition) is 4. The fourth-order valence-corrected chi connectivity index (χ4v) is 3.09. The molecule has 0 bridgehead atoms. The maximum absolute atomic E-state index is 12.9. The summed E-state index contributed by atoms with van der Waals surface area (Å²) in [7, 11) is 3.44. The molecule has 1 heterocycles. The molecule has 31 heavy (non-hydrogen) atoms. The van der Waals surface area contributed by atoms with E-state index in [2.05, 4.69) is 4.98 Å². The average molecular weight is 418 g/mol. The van der Waals surface area contributed by atoms with Crippen LogP contribution in [0.3, 0.4) is 0 Å². The molecule has 0 radical (unpaired) electrons. The highest BCUT2D eigenvalue weighted by Crippen LogP contribution is 2.24. The zero-order valence-electron chi connectivity index (χ0n) is 18.3. The largest absolute Gasteiger partial charge is 0.455 e. The molecule has 0 aliphatic heterocycles. The Kier molecular flexibility index (Phi) is 7.03. The van der Waals surface area contributed by atoms with Gasteiger partial charge in [-0.25, -0.2) is 4.98 Å². The quantitative estimate of drug-likeness (QED) is 0.566. The number of carbonyl (C=O) groups is 2. The summed E-state index contributed by atoms with van der Waals surface area (Å²) >= 11 is 0. The van der Waals surface area contributed by atoms with Crippen molar-refractivity contribution >= 4 is 11.8 Å². The van der Waals surface area contributed by atoms with Crippen molar-refractivity contribution in [2.24, 2.45) is 0 Å². The van der Waals surface area contributed by atoms with Crippen molar-refractivity contribution in [2.75, 3.05) is 20.6 Å². The van der Waals surface area contributed by atoms with E-state index in [0.717, 1.165) is 16.9 Å². The number of amides is 2. The standard InChI is InChI=1S/C25H27N3O3/c1-5-28(17-19-10-12-20(13-11-19)24(29)27(3)4)25(30)22-15-14-21(16-26-22)31-23-9-7-6-8-18(23)2/h6-16H,5,17H2,1-4H3. The summed E-state index contributed by atoms with van der Waals surface area (Å²) in [5.74, 6) is 1.13. The van der Waals surface area contributed by atoms with Crippen molar-refractivity contribution in [3.8, 4) is 11.5 Å². The Labute approximate surface area is 183 Å². The molecule has 0 saturated carbocycles. The first-order chi connectivity index (χ1) is 14.9. The normalized spacial score (nSPS) is 10.5. The molecule has 0 saturated heterocycles. The van der Waals surface area contributed by atoms with Gasteiger partial charge in [0.05, 0.1) is 6.20 Å². The second-order valence-corrected chi connectivity index (χ2v) is 7.46. The van der Waals surface area contributed by atoms with Gasteiger partial charge in [-0.2, -0.15) is 0 Å². The van der Waals surface area contributed by atoms with E-state index < -0.39 is 0 Å². The third-order valence-electron chi connectivity index (χ3n) is 4.93. The van der Waals surface area contributed by atoms with E-state index in [1.54, 1.807) is 49.5 Å². The highest BCUT2D eigenvalue weighted by molar-refractivity contribution is 5.94. The van der Waals surface area contributed by atoms with Crippen molar-refractivity contribution in [1.82, 2.24) is 14.8 Å². The van der Waals surface area contributed by atoms with Gasteiger partial charge in [0.15, 0.2) is 0 Å². The van der Waals surface area contributed by atoms with E-state index in [-0.39, 0.29) is 11.8 Å². The van der Waals surface area contributed by atoms with E-state index in [4.69, 9.17) is 4.74 Å². The van der Waals surface area contributed by atoms with Crippen LogP contribution in [0, 0.1) is 6.92 Å². The fraction of sp³-hybridized carbons (Fsp3) is 0.240. The number of carbonyl (C=O) groups excluding carboxylic acids is 2. The molecule has 2 amide bonds. The zero-order valence-corrected chi connectivity index (χ0v) is 18.3. The predicted octanol–water partition coefficient (Wildman–Crippen LogP) is 4.55. The molecule has 3 rings (SSSR count). The van der Waals surface area contributed by atoms with Crippen LogP contribution in [0.25, 0.3) is 0 Å². The topological polar surface area (TPSA) is 62.7 Å². The first kappa shape index (κ1) is 22.0. The number of pyridine rings is 1. The number of para-hydroxylation sites is 1. The molecule has 6 heteroatoms. The van der Waals surface area contributed by atoms with Gasteiger partial charge in [0.25, 0.3) is 11.8 Å². The van der Waals surface area contributed by atoms with Crippen LogP contribution in [0.15, 0.2) is 66.9 Å². The molecule has 0 fully saturated rings. The van der Waals surface area contributed by atoms with Crippen LogP contribution in [-0.4, -0.2) is 47.2 Å².